The largest absolute Gasteiger partial charge is 0.478 e. The van der Waals surface area contributed by atoms with Gasteiger partial charge in [-0.1, -0.05) is 0 Å². The van der Waals surface area contributed by atoms with Gasteiger partial charge in [0.2, 0.25) is 0 Å². The van der Waals surface area contributed by atoms with E-state index < -0.39 is 10.9 Å². The lowest BCUT2D eigenvalue weighted by Crippen LogP contribution is -2.00. The van der Waals surface area contributed by atoms with Crippen molar-refractivity contribution in [2.45, 2.75) is 6.92 Å². The summed E-state index contributed by atoms with van der Waals surface area (Å²) in [6.45, 7) is 1.60. The van der Waals surface area contributed by atoms with Crippen molar-refractivity contribution in [2.75, 3.05) is 0 Å². The number of nitro benzene ring substituents is 1. The highest BCUT2D eigenvalue weighted by molar-refractivity contribution is 9.10. The molecule has 0 radical (unpaired) electrons. The van der Waals surface area contributed by atoms with Crippen LogP contribution in [0.5, 0.6) is 0 Å². The van der Waals surface area contributed by atoms with Crippen molar-refractivity contribution in [1.82, 2.24) is 0 Å². The molecular weight excluding hydrogens is 254 g/mol. The van der Waals surface area contributed by atoms with E-state index in [9.17, 15) is 14.9 Å². The fraction of sp³-hybridized carbons (Fsp3) is 0.125. The zero-order valence-corrected chi connectivity index (χ0v) is 8.74. The molecule has 0 aliphatic carbocycles. The normalized spacial score (nSPS) is 9.86. The van der Waals surface area contributed by atoms with Crippen molar-refractivity contribution in [1.29, 1.82) is 0 Å². The Morgan fingerprint density at radius 1 is 1.57 bits per heavy atom. The van der Waals surface area contributed by atoms with Crippen LogP contribution in [0.15, 0.2) is 16.6 Å². The number of nitrogens with zero attached hydrogens (tertiary/aromatic N) is 1. The molecule has 1 aromatic rings. The molecule has 0 aliphatic rings. The van der Waals surface area contributed by atoms with Crippen LogP contribution >= 0.6 is 15.9 Å². The molecule has 0 fully saturated rings. The van der Waals surface area contributed by atoms with Gasteiger partial charge in [-0.2, -0.15) is 0 Å². The minimum atomic E-state index is -1.18. The van der Waals surface area contributed by atoms with Gasteiger partial charge < -0.3 is 5.11 Å². The van der Waals surface area contributed by atoms with Crippen LogP contribution < -0.4 is 0 Å². The van der Waals surface area contributed by atoms with Crippen molar-refractivity contribution < 1.29 is 14.8 Å². The lowest BCUT2D eigenvalue weighted by molar-refractivity contribution is -0.385. The standard InChI is InChI=1S/C8H6BrNO4/c1-4-2-5(8(11)12)3-6(7(4)9)10(13)14/h2-3H,1H3,(H,11,12). The predicted octanol–water partition coefficient (Wildman–Crippen LogP) is 2.36. The summed E-state index contributed by atoms with van der Waals surface area (Å²) in [5.41, 5.74) is 0.205. The second-order valence-corrected chi connectivity index (χ2v) is 3.48. The smallest absolute Gasteiger partial charge is 0.335 e. The fourth-order valence-corrected chi connectivity index (χ4v) is 1.38. The topological polar surface area (TPSA) is 80.4 Å². The molecular formula is C8H6BrNO4. The van der Waals surface area contributed by atoms with Crippen LogP contribution in [0.1, 0.15) is 15.9 Å². The van der Waals surface area contributed by atoms with Gasteiger partial charge in [-0.25, -0.2) is 4.79 Å². The maximum atomic E-state index is 10.6. The first-order valence-corrected chi connectivity index (χ1v) is 4.40. The van der Waals surface area contributed by atoms with Gasteiger partial charge >= 0.3 is 5.97 Å². The van der Waals surface area contributed by atoms with E-state index >= 15 is 0 Å². The Bertz CT molecular complexity index is 416. The maximum Gasteiger partial charge on any atom is 0.335 e. The third-order valence-electron chi connectivity index (χ3n) is 1.68. The number of rotatable bonds is 2. The van der Waals surface area contributed by atoms with Crippen LogP contribution in [-0.4, -0.2) is 16.0 Å². The molecule has 0 saturated heterocycles. The van der Waals surface area contributed by atoms with Gasteiger partial charge in [-0.3, -0.25) is 10.1 Å². The molecule has 14 heavy (non-hydrogen) atoms. The number of hydrogen-bond donors (Lipinski definition) is 1. The second-order valence-electron chi connectivity index (χ2n) is 2.69. The minimum absolute atomic E-state index is 0.0857. The summed E-state index contributed by atoms with van der Waals surface area (Å²) in [5.74, 6) is -1.18. The van der Waals surface area contributed by atoms with Gasteiger partial charge in [0.1, 0.15) is 0 Å². The van der Waals surface area contributed by atoms with Crippen molar-refractivity contribution in [3.63, 3.8) is 0 Å². The summed E-state index contributed by atoms with van der Waals surface area (Å²) in [6.07, 6.45) is 0. The van der Waals surface area contributed by atoms with Gasteiger partial charge in [-0.05, 0) is 34.5 Å². The monoisotopic (exact) mass is 259 g/mol. The Morgan fingerprint density at radius 2 is 2.14 bits per heavy atom. The summed E-state index contributed by atoms with van der Waals surface area (Å²) >= 11 is 3.03. The Labute approximate surface area is 87.6 Å². The molecule has 1 rings (SSSR count). The highest BCUT2D eigenvalue weighted by Crippen LogP contribution is 2.29. The molecule has 0 saturated carbocycles. The molecule has 0 unspecified atom stereocenters. The van der Waals surface area contributed by atoms with Gasteiger partial charge in [0.15, 0.2) is 0 Å². The van der Waals surface area contributed by atoms with Crippen LogP contribution in [0.4, 0.5) is 5.69 Å². The average molecular weight is 260 g/mol. The van der Waals surface area contributed by atoms with E-state index in [4.69, 9.17) is 5.11 Å². The van der Waals surface area contributed by atoms with E-state index in [1.54, 1.807) is 6.92 Å². The van der Waals surface area contributed by atoms with Gasteiger partial charge in [0.25, 0.3) is 5.69 Å². The molecule has 0 aromatic heterocycles. The molecule has 6 heteroatoms. The molecule has 0 atom stereocenters. The molecule has 0 aliphatic heterocycles. The molecule has 0 amide bonds. The summed E-state index contributed by atoms with van der Waals surface area (Å²) < 4.78 is 0.313. The Hall–Kier alpha value is -1.43. The number of halogens is 1. The number of carboxylic acid groups (broad SMARTS) is 1. The number of aryl methyl sites for hydroxylation is 1. The van der Waals surface area contributed by atoms with E-state index in [0.717, 1.165) is 6.07 Å². The van der Waals surface area contributed by atoms with E-state index in [2.05, 4.69) is 15.9 Å². The third kappa shape index (κ3) is 1.90. The zero-order chi connectivity index (χ0) is 10.9. The van der Waals surface area contributed by atoms with Gasteiger partial charge in [0.05, 0.1) is 15.0 Å². The van der Waals surface area contributed by atoms with E-state index in [0.29, 0.717) is 10.0 Å². The predicted molar refractivity (Wildman–Crippen MR) is 52.5 cm³/mol. The first-order valence-electron chi connectivity index (χ1n) is 3.61. The first-order chi connectivity index (χ1) is 6.43. The van der Waals surface area contributed by atoms with Crippen LogP contribution in [-0.2, 0) is 0 Å². The maximum absolute atomic E-state index is 10.6. The van der Waals surface area contributed by atoms with Gasteiger partial charge in [-0.15, -0.1) is 0 Å². The van der Waals surface area contributed by atoms with E-state index in [-0.39, 0.29) is 11.3 Å². The SMILES string of the molecule is Cc1cc(C(=O)O)cc([N+](=O)[O-])c1Br. The summed E-state index contributed by atoms with van der Waals surface area (Å²) in [5, 5.41) is 19.2. The highest BCUT2D eigenvalue weighted by Gasteiger charge is 2.17. The molecule has 0 heterocycles. The van der Waals surface area contributed by atoms with Crippen LogP contribution in [0.25, 0.3) is 0 Å². The fourth-order valence-electron chi connectivity index (χ4n) is 1.01. The van der Waals surface area contributed by atoms with Crippen molar-refractivity contribution in [3.05, 3.63) is 37.8 Å². The summed E-state index contributed by atoms with van der Waals surface area (Å²) in [4.78, 5) is 20.5. The van der Waals surface area contributed by atoms with Crippen LogP contribution in [0.2, 0.25) is 0 Å². The van der Waals surface area contributed by atoms with E-state index in [1.165, 1.54) is 6.07 Å². The zero-order valence-electron chi connectivity index (χ0n) is 7.15. The molecule has 5 nitrogen and oxygen atoms in total. The third-order valence-corrected chi connectivity index (χ3v) is 2.71. The van der Waals surface area contributed by atoms with Crippen LogP contribution in [0, 0.1) is 17.0 Å². The van der Waals surface area contributed by atoms with Crippen molar-refractivity contribution in [2.24, 2.45) is 0 Å². The Balaban J connectivity index is 3.43. The Kier molecular flexibility index (Phi) is 2.85. The van der Waals surface area contributed by atoms with Crippen molar-refractivity contribution >= 4 is 27.6 Å². The number of carbonyl (C=O) groups is 1. The quantitative estimate of drug-likeness (QED) is 0.653. The first kappa shape index (κ1) is 10.6. The summed E-state index contributed by atoms with van der Waals surface area (Å²) in [6, 6.07) is 2.40. The van der Waals surface area contributed by atoms with E-state index in [1.807, 2.05) is 0 Å². The molecule has 1 N–H and O–H groups in total. The van der Waals surface area contributed by atoms with Crippen molar-refractivity contribution in [3.8, 4) is 0 Å². The number of benzene rings is 1. The molecule has 74 valence electrons. The molecule has 0 spiro atoms. The number of carboxylic acids is 1. The number of aromatic carboxylic acids is 1. The lowest BCUT2D eigenvalue weighted by Gasteiger charge is -2.01. The lowest BCUT2D eigenvalue weighted by atomic mass is 10.1. The van der Waals surface area contributed by atoms with Gasteiger partial charge in [0, 0.05) is 6.07 Å². The second kappa shape index (κ2) is 3.75. The molecule has 1 aromatic carbocycles. The molecule has 0 bridgehead atoms. The number of hydrogen-bond acceptors (Lipinski definition) is 3. The number of nitro groups is 1. The van der Waals surface area contributed by atoms with Crippen LogP contribution in [0.3, 0.4) is 0 Å². The Morgan fingerprint density at radius 3 is 2.57 bits per heavy atom. The highest BCUT2D eigenvalue weighted by atomic mass is 79.9. The summed E-state index contributed by atoms with van der Waals surface area (Å²) in [7, 11) is 0. The minimum Gasteiger partial charge on any atom is -0.478 e. The average Bonchev–Trinajstić information content (AvgIpc) is 2.08.